The van der Waals surface area contributed by atoms with E-state index >= 15 is 0 Å². The van der Waals surface area contributed by atoms with Crippen molar-refractivity contribution in [3.8, 4) is 12.1 Å². The maximum atomic E-state index is 13.7. The van der Waals surface area contributed by atoms with Crippen molar-refractivity contribution in [3.05, 3.63) is 88.3 Å². The summed E-state index contributed by atoms with van der Waals surface area (Å²) >= 11 is 0. The molecule has 328 valence electrons. The summed E-state index contributed by atoms with van der Waals surface area (Å²) in [4.78, 5) is 44.5. The van der Waals surface area contributed by atoms with Crippen LogP contribution in [0.25, 0.3) is 4.85 Å². The second-order valence-electron chi connectivity index (χ2n) is 18.3. The number of hydrogen-bond acceptors (Lipinski definition) is 10. The van der Waals surface area contributed by atoms with E-state index in [4.69, 9.17) is 4.85 Å². The normalized spacial score (nSPS) is 22.2. The van der Waals surface area contributed by atoms with Crippen LogP contribution in [0.1, 0.15) is 140 Å². The quantitative estimate of drug-likeness (QED) is 0.112. The van der Waals surface area contributed by atoms with Gasteiger partial charge in [-0.05, 0) is 125 Å². The number of carbonyl (C=O) groups excluding carboxylic acids is 3. The third-order valence-electron chi connectivity index (χ3n) is 13.4. The summed E-state index contributed by atoms with van der Waals surface area (Å²) in [6.45, 7) is 0. The zero-order valence-corrected chi connectivity index (χ0v) is 36.2. The molecule has 63 heavy (non-hydrogen) atoms. The van der Waals surface area contributed by atoms with Gasteiger partial charge in [0.1, 0.15) is 11.4 Å². The monoisotopic (exact) mass is 873 g/mol. The number of aromatic nitrogens is 6. The summed E-state index contributed by atoms with van der Waals surface area (Å²) in [5, 5.41) is 37.2. The molecular weight excluding hydrogens is 821 g/mol. The molecule has 2 heterocycles. The number of hydrogen-bond donors (Lipinski definition) is 4. The van der Waals surface area contributed by atoms with Crippen LogP contribution in [0.2, 0.25) is 0 Å². The van der Waals surface area contributed by atoms with Gasteiger partial charge in [0.15, 0.2) is 11.1 Å². The average molecular weight is 874 g/mol. The molecule has 0 radical (unpaired) electrons. The van der Waals surface area contributed by atoms with Gasteiger partial charge >= 0.3 is 6.07 Å². The fraction of sp³-hybridized carbons (Fsp3) is 0.533. The number of nitrogens with one attached hydrogen (secondary N) is 4. The number of sulfonamides is 1. The first-order chi connectivity index (χ1) is 30.4. The number of nitrogens with zero attached hydrogens (tertiary/aromatic N) is 8. The lowest BCUT2D eigenvalue weighted by molar-refractivity contribution is -0.117. The van der Waals surface area contributed by atoms with Crippen LogP contribution >= 0.6 is 0 Å². The van der Waals surface area contributed by atoms with Crippen molar-refractivity contribution in [1.29, 1.82) is 5.26 Å². The molecule has 0 spiro atoms. The predicted octanol–water partition coefficient (Wildman–Crippen LogP) is 6.21. The van der Waals surface area contributed by atoms with Crippen molar-refractivity contribution in [2.45, 2.75) is 126 Å². The van der Waals surface area contributed by atoms with Crippen LogP contribution in [0.15, 0.2) is 60.9 Å². The van der Waals surface area contributed by atoms with Gasteiger partial charge in [0, 0.05) is 41.3 Å². The van der Waals surface area contributed by atoms with E-state index in [2.05, 4.69) is 53.4 Å². The minimum absolute atomic E-state index is 0.00850. The number of amides is 3. The molecule has 2 unspecified atom stereocenters. The second-order valence-corrected chi connectivity index (χ2v) is 20.0. The predicted molar refractivity (Wildman–Crippen MR) is 233 cm³/mol. The molecule has 2 aromatic heterocycles. The summed E-state index contributed by atoms with van der Waals surface area (Å²) in [6.07, 6.45) is 18.1. The van der Waals surface area contributed by atoms with Crippen LogP contribution in [-0.4, -0.2) is 68.4 Å². The molecule has 5 saturated carbocycles. The summed E-state index contributed by atoms with van der Waals surface area (Å²) in [5.41, 5.74) is 2.07. The molecule has 5 fully saturated rings. The van der Waals surface area contributed by atoms with Gasteiger partial charge in [0.25, 0.3) is 17.9 Å². The highest BCUT2D eigenvalue weighted by Gasteiger charge is 2.52. The van der Waals surface area contributed by atoms with E-state index in [1.54, 1.807) is 53.2 Å². The van der Waals surface area contributed by atoms with E-state index < -0.39 is 27.1 Å². The fourth-order valence-corrected chi connectivity index (χ4v) is 9.60. The average Bonchev–Trinajstić information content (AvgIpc) is 4.26. The van der Waals surface area contributed by atoms with E-state index in [0.717, 1.165) is 89.7 Å². The Kier molecular flexibility index (Phi) is 11.5. The van der Waals surface area contributed by atoms with E-state index in [9.17, 15) is 28.1 Å². The second kappa shape index (κ2) is 17.2. The third-order valence-corrected chi connectivity index (χ3v) is 14.0. The van der Waals surface area contributed by atoms with Crippen molar-refractivity contribution in [2.75, 3.05) is 16.3 Å². The van der Waals surface area contributed by atoms with E-state index in [1.807, 2.05) is 17.1 Å². The molecule has 4 N–H and O–H groups in total. The Hall–Kier alpha value is -6.14. The molecule has 0 saturated heterocycles. The van der Waals surface area contributed by atoms with Crippen LogP contribution in [0.3, 0.4) is 0 Å². The largest absolute Gasteiger partial charge is 0.343 e. The van der Waals surface area contributed by atoms with E-state index in [1.165, 1.54) is 0 Å². The Morgan fingerprint density at radius 3 is 1.71 bits per heavy atom. The fourth-order valence-electron chi connectivity index (χ4n) is 9.04. The lowest BCUT2D eigenvalue weighted by atomic mass is 9.80. The van der Waals surface area contributed by atoms with Gasteiger partial charge in [-0.25, -0.2) is 17.8 Å². The van der Waals surface area contributed by atoms with Crippen LogP contribution in [0.4, 0.5) is 11.4 Å². The molecule has 9 rings (SSSR count). The first-order valence-electron chi connectivity index (χ1n) is 22.2. The smallest absolute Gasteiger partial charge is 0.303 e. The van der Waals surface area contributed by atoms with Gasteiger partial charge in [0.2, 0.25) is 15.9 Å². The van der Waals surface area contributed by atoms with Crippen LogP contribution in [-0.2, 0) is 25.9 Å². The van der Waals surface area contributed by atoms with Crippen molar-refractivity contribution in [1.82, 2.24) is 40.6 Å². The van der Waals surface area contributed by atoms with Gasteiger partial charge in [0.05, 0.1) is 36.8 Å². The highest BCUT2D eigenvalue weighted by molar-refractivity contribution is 7.92. The van der Waals surface area contributed by atoms with Crippen LogP contribution in [0, 0.1) is 35.2 Å². The first kappa shape index (κ1) is 42.2. The third kappa shape index (κ3) is 9.76. The minimum atomic E-state index is -3.44. The summed E-state index contributed by atoms with van der Waals surface area (Å²) < 4.78 is 29.3. The lowest BCUT2D eigenvalue weighted by Crippen LogP contribution is -2.36. The number of anilines is 2. The standard InChI is InChI=1S/C45H52N12O5S/c1-63(61,62)53-36-19-13-33(14-20-36)43(60)49-39(29-5-3-2-4-6-29)38-26-57(55-52-38)45(23-24-45)28-47-34-15-9-30(10-16-34)40(37-25-56(54-51-37)44(27-46)21-22-44)50-42(59)32-11-17-35(18-12-32)48-41(58)31-7-8-31/h11-14,17-20,25-26,29-31,34,39-40H,2-10,15-16,21-24H2,1H3,(H3-,48,49,50,53,58,59,60)/p+1. The molecule has 4 aromatic rings. The van der Waals surface area contributed by atoms with Crippen LogP contribution in [0.5, 0.6) is 0 Å². The molecule has 2 atom stereocenters. The van der Waals surface area contributed by atoms with Crippen LogP contribution < -0.4 is 20.7 Å². The maximum absolute atomic E-state index is 13.7. The Morgan fingerprint density at radius 2 is 1.22 bits per heavy atom. The Labute approximate surface area is 366 Å². The maximum Gasteiger partial charge on any atom is 0.303 e. The van der Waals surface area contributed by atoms with Gasteiger partial charge in [-0.1, -0.05) is 34.5 Å². The molecule has 2 aromatic carbocycles. The van der Waals surface area contributed by atoms with Crippen molar-refractivity contribution in [3.63, 3.8) is 0 Å². The molecule has 0 bridgehead atoms. The van der Waals surface area contributed by atoms with E-state index in [0.29, 0.717) is 46.7 Å². The Balaban J connectivity index is 0.862. The molecule has 5 aliphatic carbocycles. The highest BCUT2D eigenvalue weighted by Crippen LogP contribution is 2.45. The zero-order chi connectivity index (χ0) is 43.8. The topological polar surface area (TPSA) is 223 Å². The van der Waals surface area contributed by atoms with Crippen molar-refractivity contribution in [2.24, 2.45) is 17.8 Å². The summed E-state index contributed by atoms with van der Waals surface area (Å²) in [7, 11) is -3.44. The number of rotatable bonds is 14. The zero-order valence-electron chi connectivity index (χ0n) is 35.4. The molecule has 0 aliphatic heterocycles. The van der Waals surface area contributed by atoms with Gasteiger partial charge in [-0.2, -0.15) is 5.26 Å². The highest BCUT2D eigenvalue weighted by atomic mass is 32.2. The van der Waals surface area contributed by atoms with Gasteiger partial charge < -0.3 is 16.0 Å². The summed E-state index contributed by atoms with van der Waals surface area (Å²) in [5.74, 6) is -0.172. The molecule has 17 nitrogen and oxygen atoms in total. The SMILES string of the molecule is CS(=O)(=O)Nc1ccc(C(=O)NC(c2cn(C3(C#[N+]C4CCC(C(NC(=O)c5ccc(NC(=O)C6CC6)cc5)c5cn(C6(C#N)CC6)nn5)CC4)CC3)nn2)C2CCCCC2)cc1. The number of benzene rings is 2. The molecule has 18 heteroatoms. The molecule has 3 amide bonds. The first-order valence-corrected chi connectivity index (χ1v) is 24.1. The number of nitriles is 1. The van der Waals surface area contributed by atoms with Gasteiger partial charge in [-0.15, -0.1) is 10.2 Å². The van der Waals surface area contributed by atoms with Gasteiger partial charge in [-0.3, -0.25) is 19.1 Å². The van der Waals surface area contributed by atoms with Crippen molar-refractivity contribution >= 4 is 39.1 Å². The summed E-state index contributed by atoms with van der Waals surface area (Å²) in [6, 6.07) is 18.4. The Bertz CT molecular complexity index is 2560. The lowest BCUT2D eigenvalue weighted by Gasteiger charge is -2.29. The minimum Gasteiger partial charge on any atom is -0.343 e. The Morgan fingerprint density at radius 1 is 0.714 bits per heavy atom. The molecular formula is C45H53N12O5S+. The van der Waals surface area contributed by atoms with E-state index in [-0.39, 0.29) is 47.6 Å². The van der Waals surface area contributed by atoms with Crippen molar-refractivity contribution < 1.29 is 22.8 Å². The number of carbonyl (C=O) groups is 3. The molecule has 5 aliphatic rings.